The molecule has 3 rings (SSSR count). The van der Waals surface area contributed by atoms with Crippen LogP contribution in [0.3, 0.4) is 0 Å². The highest BCUT2D eigenvalue weighted by Gasteiger charge is 2.30. The van der Waals surface area contributed by atoms with Crippen LogP contribution in [0.2, 0.25) is 5.02 Å². The molecule has 6 nitrogen and oxygen atoms in total. The minimum absolute atomic E-state index is 0.00870. The molecule has 0 spiro atoms. The van der Waals surface area contributed by atoms with Crippen LogP contribution in [0.15, 0.2) is 55.1 Å². The molecule has 1 aromatic heterocycles. The fraction of sp³-hybridized carbons (Fsp3) is 0.250. The highest BCUT2D eigenvalue weighted by Crippen LogP contribution is 2.32. The summed E-state index contributed by atoms with van der Waals surface area (Å²) in [5.74, 6) is 0.379. The monoisotopic (exact) mass is 438 g/mol. The van der Waals surface area contributed by atoms with E-state index in [1.165, 1.54) is 6.07 Å². The number of hydrogen-bond acceptors (Lipinski definition) is 4. The molecule has 0 fully saturated rings. The number of nitrogens with one attached hydrogen (secondary N) is 1. The van der Waals surface area contributed by atoms with Gasteiger partial charge in [-0.1, -0.05) is 17.7 Å². The summed E-state index contributed by atoms with van der Waals surface area (Å²) >= 11 is 5.92. The summed E-state index contributed by atoms with van der Waals surface area (Å²) in [7, 11) is 0. The summed E-state index contributed by atoms with van der Waals surface area (Å²) in [6.07, 6.45) is -0.943. The maximum absolute atomic E-state index is 12.7. The van der Waals surface area contributed by atoms with Gasteiger partial charge in [0.15, 0.2) is 0 Å². The van der Waals surface area contributed by atoms with Crippen molar-refractivity contribution >= 4 is 23.2 Å². The van der Waals surface area contributed by atoms with E-state index in [2.05, 4.69) is 15.5 Å². The molecule has 0 aliphatic rings. The number of nitrogens with zero attached hydrogens (tertiary/aromatic N) is 3. The number of amides is 1. The lowest BCUT2D eigenvalue weighted by atomic mass is 10.1. The SMILES string of the molecule is O=C(CCc1ccc(C(F)(F)F)cc1Cl)Nc1ccc(OCCn2cnnc2)cc1. The van der Waals surface area contributed by atoms with Crippen LogP contribution in [0, 0.1) is 0 Å². The minimum atomic E-state index is -4.45. The van der Waals surface area contributed by atoms with Crippen molar-refractivity contribution in [1.82, 2.24) is 14.8 Å². The van der Waals surface area contributed by atoms with Crippen LogP contribution in [0.5, 0.6) is 5.75 Å². The summed E-state index contributed by atoms with van der Waals surface area (Å²) in [4.78, 5) is 12.1. The van der Waals surface area contributed by atoms with Gasteiger partial charge in [0.05, 0.1) is 12.1 Å². The maximum atomic E-state index is 12.7. The number of carbonyl (C=O) groups excluding carboxylic acids is 1. The lowest BCUT2D eigenvalue weighted by molar-refractivity contribution is -0.137. The van der Waals surface area contributed by atoms with Gasteiger partial charge in [0.25, 0.3) is 0 Å². The number of benzene rings is 2. The number of ether oxygens (including phenoxy) is 1. The summed E-state index contributed by atoms with van der Waals surface area (Å²) in [5.41, 5.74) is 0.256. The van der Waals surface area contributed by atoms with Crippen LogP contribution in [0.25, 0.3) is 0 Å². The van der Waals surface area contributed by atoms with Crippen molar-refractivity contribution in [3.8, 4) is 5.75 Å². The average Bonchev–Trinajstić information content (AvgIpc) is 3.21. The Morgan fingerprint density at radius 3 is 2.43 bits per heavy atom. The van der Waals surface area contributed by atoms with Gasteiger partial charge in [-0.3, -0.25) is 4.79 Å². The molecule has 1 amide bonds. The molecule has 0 bridgehead atoms. The van der Waals surface area contributed by atoms with E-state index in [4.69, 9.17) is 16.3 Å². The van der Waals surface area contributed by atoms with Crippen molar-refractivity contribution in [1.29, 1.82) is 0 Å². The van der Waals surface area contributed by atoms with Gasteiger partial charge in [-0.2, -0.15) is 13.2 Å². The number of hydrogen-bond donors (Lipinski definition) is 1. The second-order valence-electron chi connectivity index (χ2n) is 6.42. The molecular weight excluding hydrogens is 421 g/mol. The van der Waals surface area contributed by atoms with Gasteiger partial charge in [-0.25, -0.2) is 0 Å². The largest absolute Gasteiger partial charge is 0.492 e. The number of rotatable bonds is 8. The van der Waals surface area contributed by atoms with E-state index >= 15 is 0 Å². The van der Waals surface area contributed by atoms with Crippen LogP contribution < -0.4 is 10.1 Å². The molecule has 0 unspecified atom stereocenters. The van der Waals surface area contributed by atoms with Crippen LogP contribution in [-0.2, 0) is 23.9 Å². The zero-order valence-electron chi connectivity index (χ0n) is 15.7. The molecule has 0 radical (unpaired) electrons. The number of carbonyl (C=O) groups is 1. The molecule has 2 aromatic carbocycles. The Labute approximate surface area is 175 Å². The molecule has 158 valence electrons. The molecule has 0 saturated carbocycles. The first-order valence-electron chi connectivity index (χ1n) is 9.02. The van der Waals surface area contributed by atoms with Gasteiger partial charge >= 0.3 is 6.18 Å². The number of aromatic nitrogens is 3. The van der Waals surface area contributed by atoms with Gasteiger partial charge in [-0.05, 0) is 48.4 Å². The lowest BCUT2D eigenvalue weighted by Gasteiger charge is -2.11. The van der Waals surface area contributed by atoms with Crippen LogP contribution in [-0.4, -0.2) is 27.3 Å². The Morgan fingerprint density at radius 2 is 1.80 bits per heavy atom. The normalized spacial score (nSPS) is 11.3. The molecule has 3 aromatic rings. The first-order chi connectivity index (χ1) is 14.3. The zero-order valence-corrected chi connectivity index (χ0v) is 16.5. The molecule has 0 atom stereocenters. The molecule has 10 heteroatoms. The van der Waals surface area contributed by atoms with Gasteiger partial charge in [0.1, 0.15) is 25.0 Å². The second kappa shape index (κ2) is 9.62. The second-order valence-corrected chi connectivity index (χ2v) is 6.83. The predicted octanol–water partition coefficient (Wildman–Crippen LogP) is 4.60. The lowest BCUT2D eigenvalue weighted by Crippen LogP contribution is -2.12. The highest BCUT2D eigenvalue weighted by molar-refractivity contribution is 6.31. The Morgan fingerprint density at radius 1 is 1.10 bits per heavy atom. The Balaban J connectivity index is 1.45. The summed E-state index contributed by atoms with van der Waals surface area (Å²) in [6, 6.07) is 10.00. The highest BCUT2D eigenvalue weighted by atomic mass is 35.5. The third-order valence-corrected chi connectivity index (χ3v) is 4.58. The van der Waals surface area contributed by atoms with Crippen molar-refractivity contribution in [3.05, 3.63) is 71.3 Å². The molecule has 1 N–H and O–H groups in total. The Bertz CT molecular complexity index is 977. The zero-order chi connectivity index (χ0) is 21.6. The van der Waals surface area contributed by atoms with Gasteiger partial charge < -0.3 is 14.6 Å². The smallest absolute Gasteiger partial charge is 0.416 e. The Kier molecular flexibility index (Phi) is 6.94. The quantitative estimate of drug-likeness (QED) is 0.558. The third kappa shape index (κ3) is 6.21. The number of anilines is 1. The number of halogens is 4. The van der Waals surface area contributed by atoms with E-state index in [1.807, 2.05) is 0 Å². The fourth-order valence-corrected chi connectivity index (χ4v) is 2.91. The number of alkyl halides is 3. The first-order valence-corrected chi connectivity index (χ1v) is 9.40. The summed E-state index contributed by atoms with van der Waals surface area (Å²) < 4.78 is 45.4. The minimum Gasteiger partial charge on any atom is -0.492 e. The molecule has 30 heavy (non-hydrogen) atoms. The Hall–Kier alpha value is -3.07. The molecular formula is C20H18ClF3N4O2. The van der Waals surface area contributed by atoms with E-state index in [9.17, 15) is 18.0 Å². The first kappa shape index (κ1) is 21.6. The third-order valence-electron chi connectivity index (χ3n) is 4.22. The average molecular weight is 439 g/mol. The topological polar surface area (TPSA) is 69.0 Å². The van der Waals surface area contributed by atoms with E-state index in [1.54, 1.807) is 41.5 Å². The van der Waals surface area contributed by atoms with Gasteiger partial charge in [0.2, 0.25) is 5.91 Å². The van der Waals surface area contributed by atoms with Crippen molar-refractivity contribution in [2.75, 3.05) is 11.9 Å². The molecule has 0 aliphatic carbocycles. The fourth-order valence-electron chi connectivity index (χ4n) is 2.64. The van der Waals surface area contributed by atoms with E-state index in [0.29, 0.717) is 30.2 Å². The van der Waals surface area contributed by atoms with Crippen molar-refractivity contribution < 1.29 is 22.7 Å². The molecule has 0 aliphatic heterocycles. The van der Waals surface area contributed by atoms with Crippen LogP contribution >= 0.6 is 11.6 Å². The molecule has 1 heterocycles. The predicted molar refractivity (Wildman–Crippen MR) is 105 cm³/mol. The summed E-state index contributed by atoms with van der Waals surface area (Å²) in [5, 5.41) is 10.1. The van der Waals surface area contributed by atoms with E-state index < -0.39 is 11.7 Å². The number of aryl methyl sites for hydroxylation is 1. The van der Waals surface area contributed by atoms with Crippen molar-refractivity contribution in [2.24, 2.45) is 0 Å². The maximum Gasteiger partial charge on any atom is 0.416 e. The van der Waals surface area contributed by atoms with Gasteiger partial charge in [0, 0.05) is 17.1 Å². The summed E-state index contributed by atoms with van der Waals surface area (Å²) in [6.45, 7) is 1.05. The van der Waals surface area contributed by atoms with Crippen LogP contribution in [0.4, 0.5) is 18.9 Å². The van der Waals surface area contributed by atoms with Gasteiger partial charge in [-0.15, -0.1) is 10.2 Å². The van der Waals surface area contributed by atoms with E-state index in [0.717, 1.165) is 12.1 Å². The standard InChI is InChI=1S/C20H18ClF3N4O2/c21-18-11-15(20(22,23)24)3-1-14(18)2-8-19(29)27-16-4-6-17(7-5-16)30-10-9-28-12-25-26-13-28/h1,3-7,11-13H,2,8-10H2,(H,27,29). The van der Waals surface area contributed by atoms with Crippen LogP contribution in [0.1, 0.15) is 17.5 Å². The van der Waals surface area contributed by atoms with Crippen molar-refractivity contribution in [2.45, 2.75) is 25.6 Å². The van der Waals surface area contributed by atoms with Crippen molar-refractivity contribution in [3.63, 3.8) is 0 Å². The van der Waals surface area contributed by atoms with E-state index in [-0.39, 0.29) is 23.8 Å². The molecule has 0 saturated heterocycles.